The maximum atomic E-state index is 11.8. The summed E-state index contributed by atoms with van der Waals surface area (Å²) in [6.45, 7) is 4.24. The summed E-state index contributed by atoms with van der Waals surface area (Å²) in [6.07, 6.45) is -2.01. The van der Waals surface area contributed by atoms with Crippen LogP contribution in [-0.2, 0) is 19.3 Å². The number of nitro groups is 1. The summed E-state index contributed by atoms with van der Waals surface area (Å²) < 4.78 is 38.0. The van der Waals surface area contributed by atoms with Crippen LogP contribution in [0.2, 0.25) is 0 Å². The zero-order chi connectivity index (χ0) is 21.4. The number of hydrogen-bond donors (Lipinski definition) is 0. The summed E-state index contributed by atoms with van der Waals surface area (Å²) in [5, 5.41) is 21.9. The quantitative estimate of drug-likeness (QED) is 0.150. The van der Waals surface area contributed by atoms with Gasteiger partial charge in [-0.2, -0.15) is 0 Å². The molecule has 0 aliphatic rings. The van der Waals surface area contributed by atoms with Gasteiger partial charge < -0.3 is 19.3 Å². The van der Waals surface area contributed by atoms with E-state index in [1.54, 1.807) is 20.8 Å². The van der Waals surface area contributed by atoms with Crippen LogP contribution in [0.3, 0.4) is 0 Å². The van der Waals surface area contributed by atoms with Crippen molar-refractivity contribution in [3.05, 3.63) is 34.4 Å². The third-order valence-corrected chi connectivity index (χ3v) is 4.49. The van der Waals surface area contributed by atoms with Crippen molar-refractivity contribution >= 4 is 27.8 Å². The zero-order valence-electron chi connectivity index (χ0n) is 15.6. The molecule has 0 heterocycles. The van der Waals surface area contributed by atoms with E-state index in [4.69, 9.17) is 9.47 Å². The lowest BCUT2D eigenvalue weighted by molar-refractivity contribution is -0.384. The maximum Gasteiger partial charge on any atom is 0.513 e. The largest absolute Gasteiger partial charge is 0.595 e. The number of carbonyl (C=O) groups is 1. The normalized spacial score (nSPS) is 12.3. The van der Waals surface area contributed by atoms with Gasteiger partial charge in [0.05, 0.1) is 23.0 Å². The van der Waals surface area contributed by atoms with E-state index in [2.05, 4.69) is 9.73 Å². The van der Waals surface area contributed by atoms with Crippen molar-refractivity contribution in [3.63, 3.8) is 0 Å². The minimum atomic E-state index is -3.61. The van der Waals surface area contributed by atoms with Gasteiger partial charge in [0.1, 0.15) is 18.4 Å². The van der Waals surface area contributed by atoms with E-state index >= 15 is 0 Å². The van der Waals surface area contributed by atoms with E-state index in [-0.39, 0.29) is 18.0 Å². The van der Waals surface area contributed by atoms with Crippen molar-refractivity contribution in [2.45, 2.75) is 26.4 Å². The SMILES string of the molecule is CC(C)(C)OC([O-])=NCCS(=O)(=O)CCOC(=O)Oc1ccc([N+](=O)[O-])cc1. The Labute approximate surface area is 162 Å². The van der Waals surface area contributed by atoms with Crippen LogP contribution in [0, 0.1) is 10.1 Å². The van der Waals surface area contributed by atoms with Gasteiger partial charge in [-0.05, 0) is 12.1 Å². The van der Waals surface area contributed by atoms with Crippen LogP contribution in [0.4, 0.5) is 10.5 Å². The molecule has 11 nitrogen and oxygen atoms in total. The highest BCUT2D eigenvalue weighted by Crippen LogP contribution is 2.17. The average Bonchev–Trinajstić information content (AvgIpc) is 2.53. The summed E-state index contributed by atoms with van der Waals surface area (Å²) in [5.41, 5.74) is -0.902. The van der Waals surface area contributed by atoms with Crippen LogP contribution < -0.4 is 9.84 Å². The van der Waals surface area contributed by atoms with Gasteiger partial charge in [0.15, 0.2) is 9.84 Å². The molecule has 0 spiro atoms. The van der Waals surface area contributed by atoms with Gasteiger partial charge in [0.25, 0.3) is 5.69 Å². The summed E-state index contributed by atoms with van der Waals surface area (Å²) in [4.78, 5) is 24.9. The van der Waals surface area contributed by atoms with Gasteiger partial charge in [0, 0.05) is 17.7 Å². The molecular weight excluding hydrogens is 396 g/mol. The molecule has 28 heavy (non-hydrogen) atoms. The molecule has 0 aliphatic heterocycles. The lowest BCUT2D eigenvalue weighted by Crippen LogP contribution is -2.32. The van der Waals surface area contributed by atoms with Gasteiger partial charge >= 0.3 is 6.16 Å². The third kappa shape index (κ3) is 9.71. The molecule has 0 saturated carbocycles. The number of sulfone groups is 1. The number of carbonyl (C=O) groups excluding carboxylic acids is 1. The molecular formula is C16H21N2O9S-. The predicted octanol–water partition coefficient (Wildman–Crippen LogP) is 1.06. The fraction of sp³-hybridized carbons (Fsp3) is 0.500. The minimum absolute atomic E-state index is 0.00891. The molecule has 1 aromatic carbocycles. The van der Waals surface area contributed by atoms with E-state index in [9.17, 15) is 28.4 Å². The lowest BCUT2D eigenvalue weighted by Gasteiger charge is -2.29. The monoisotopic (exact) mass is 417 g/mol. The van der Waals surface area contributed by atoms with E-state index in [0.29, 0.717) is 0 Å². The standard InChI is InChI=1S/C16H22N2O9S/c1-16(2,3)27-14(19)17-8-10-28(23,24)11-9-25-15(20)26-13-6-4-12(5-7-13)18(21)22/h4-7H,8-11H2,1-3H3,(H,17,19)/p-1. The Morgan fingerprint density at radius 1 is 1.18 bits per heavy atom. The molecule has 0 unspecified atom stereocenters. The molecule has 0 saturated heterocycles. The fourth-order valence-corrected chi connectivity index (χ4v) is 2.60. The summed E-state index contributed by atoms with van der Waals surface area (Å²) in [6, 6.07) is 4.69. The van der Waals surface area contributed by atoms with Crippen molar-refractivity contribution in [2.75, 3.05) is 24.7 Å². The number of benzene rings is 1. The second-order valence-electron chi connectivity index (χ2n) is 6.47. The number of rotatable bonds is 8. The first-order valence-corrected chi connectivity index (χ1v) is 9.90. The molecule has 0 amide bonds. The number of aliphatic imine (C=N–C) groups is 1. The van der Waals surface area contributed by atoms with Crippen LogP contribution in [0.1, 0.15) is 20.8 Å². The molecule has 0 bridgehead atoms. The number of nitrogens with zero attached hydrogens (tertiary/aromatic N) is 2. The van der Waals surface area contributed by atoms with Crippen LogP contribution in [0.15, 0.2) is 29.3 Å². The Balaban J connectivity index is 2.37. The maximum absolute atomic E-state index is 11.8. The zero-order valence-corrected chi connectivity index (χ0v) is 16.4. The first-order chi connectivity index (χ1) is 12.9. The summed E-state index contributed by atoms with van der Waals surface area (Å²) >= 11 is 0. The number of non-ortho nitro benzene ring substituents is 1. The lowest BCUT2D eigenvalue weighted by atomic mass is 10.2. The Hall–Kier alpha value is -2.89. The first kappa shape index (κ1) is 23.1. The van der Waals surface area contributed by atoms with Crippen molar-refractivity contribution in [1.29, 1.82) is 0 Å². The second kappa shape index (κ2) is 9.88. The topological polar surface area (TPSA) is 157 Å². The molecule has 0 aromatic heterocycles. The molecule has 0 atom stereocenters. The van der Waals surface area contributed by atoms with Gasteiger partial charge in [-0.15, -0.1) is 0 Å². The molecule has 156 valence electrons. The highest BCUT2D eigenvalue weighted by atomic mass is 32.2. The minimum Gasteiger partial charge on any atom is -0.595 e. The van der Waals surface area contributed by atoms with Crippen LogP contribution in [-0.4, -0.2) is 55.8 Å². The third-order valence-electron chi connectivity index (χ3n) is 2.90. The number of ether oxygens (including phenoxy) is 3. The number of nitro benzene ring substituents is 1. The van der Waals surface area contributed by atoms with E-state index < -0.39 is 50.7 Å². The van der Waals surface area contributed by atoms with Gasteiger partial charge in [-0.3, -0.25) is 15.1 Å². The van der Waals surface area contributed by atoms with Crippen molar-refractivity contribution in [3.8, 4) is 5.75 Å². The predicted molar refractivity (Wildman–Crippen MR) is 96.9 cm³/mol. The van der Waals surface area contributed by atoms with Crippen LogP contribution in [0.25, 0.3) is 0 Å². The second-order valence-corrected chi connectivity index (χ2v) is 8.77. The first-order valence-electron chi connectivity index (χ1n) is 8.08. The van der Waals surface area contributed by atoms with Crippen molar-refractivity contribution < 1.29 is 37.5 Å². The molecule has 0 N–H and O–H groups in total. The van der Waals surface area contributed by atoms with Crippen LogP contribution in [0.5, 0.6) is 5.75 Å². The average molecular weight is 417 g/mol. The van der Waals surface area contributed by atoms with E-state index in [1.807, 2.05) is 0 Å². The molecule has 1 rings (SSSR count). The summed E-state index contributed by atoms with van der Waals surface area (Å²) in [7, 11) is -3.61. The molecule has 12 heteroatoms. The number of hydrogen-bond acceptors (Lipinski definition) is 10. The Kier molecular flexibility index (Phi) is 8.16. The van der Waals surface area contributed by atoms with Crippen molar-refractivity contribution in [2.24, 2.45) is 4.99 Å². The molecule has 0 aliphatic carbocycles. The highest BCUT2D eigenvalue weighted by molar-refractivity contribution is 7.91. The Morgan fingerprint density at radius 2 is 1.79 bits per heavy atom. The molecule has 0 fully saturated rings. The smallest absolute Gasteiger partial charge is 0.513 e. The highest BCUT2D eigenvalue weighted by Gasteiger charge is 2.14. The van der Waals surface area contributed by atoms with E-state index in [0.717, 1.165) is 12.1 Å². The Morgan fingerprint density at radius 3 is 2.32 bits per heavy atom. The van der Waals surface area contributed by atoms with Gasteiger partial charge in [0.2, 0.25) is 0 Å². The summed E-state index contributed by atoms with van der Waals surface area (Å²) in [5.74, 6) is -0.881. The fourth-order valence-electron chi connectivity index (χ4n) is 1.69. The van der Waals surface area contributed by atoms with Crippen molar-refractivity contribution in [1.82, 2.24) is 0 Å². The van der Waals surface area contributed by atoms with Crippen LogP contribution >= 0.6 is 0 Å². The Bertz CT molecular complexity index is 812. The van der Waals surface area contributed by atoms with E-state index in [1.165, 1.54) is 12.1 Å². The van der Waals surface area contributed by atoms with Gasteiger partial charge in [-0.25, -0.2) is 13.2 Å². The molecule has 1 aromatic rings. The van der Waals surface area contributed by atoms with Gasteiger partial charge in [-0.1, -0.05) is 20.8 Å². The molecule has 0 radical (unpaired) electrons.